The molecular weight excluding hydrogens is 563 g/mol. The van der Waals surface area contributed by atoms with Crippen LogP contribution in [-0.4, -0.2) is 65.8 Å². The highest BCUT2D eigenvalue weighted by Crippen LogP contribution is 2.36. The van der Waals surface area contributed by atoms with Crippen LogP contribution in [0.5, 0.6) is 0 Å². The summed E-state index contributed by atoms with van der Waals surface area (Å²) in [6.07, 6.45) is 1.64. The van der Waals surface area contributed by atoms with Crippen LogP contribution in [0.1, 0.15) is 46.3 Å². The van der Waals surface area contributed by atoms with E-state index >= 15 is 0 Å². The topological polar surface area (TPSA) is 111 Å². The number of nitrogens with zero attached hydrogens (tertiary/aromatic N) is 3. The molecule has 2 aliphatic heterocycles. The van der Waals surface area contributed by atoms with Crippen LogP contribution < -0.4 is 15.5 Å². The largest absolute Gasteiger partial charge is 0.406 e. The first kappa shape index (κ1) is 28.4. The van der Waals surface area contributed by atoms with Crippen LogP contribution in [-0.2, 0) is 22.4 Å². The second-order valence-electron chi connectivity index (χ2n) is 11.1. The van der Waals surface area contributed by atoms with Crippen molar-refractivity contribution in [3.8, 4) is 0 Å². The van der Waals surface area contributed by atoms with Crippen LogP contribution in [0.3, 0.4) is 0 Å². The fraction of sp³-hybridized carbons (Fsp3) is 0.323. The lowest BCUT2D eigenvalue weighted by Gasteiger charge is -2.37. The van der Waals surface area contributed by atoms with Crippen LogP contribution in [0.2, 0.25) is 0 Å². The molecule has 12 heteroatoms. The molecule has 5 amide bonds. The molecule has 1 unspecified atom stereocenters. The van der Waals surface area contributed by atoms with Crippen LogP contribution in [0.4, 0.5) is 23.7 Å². The van der Waals surface area contributed by atoms with Crippen molar-refractivity contribution >= 4 is 35.2 Å². The number of rotatable bonds is 4. The number of fused-ring (bicyclic) bond motifs is 2. The third kappa shape index (κ3) is 5.10. The van der Waals surface area contributed by atoms with Gasteiger partial charge in [-0.25, -0.2) is 9.79 Å². The molecule has 0 radical (unpaired) electrons. The number of hydrogen-bond donors (Lipinski definition) is 2. The Morgan fingerprint density at radius 3 is 2.60 bits per heavy atom. The molecule has 0 bridgehead atoms. The van der Waals surface area contributed by atoms with Crippen molar-refractivity contribution in [3.63, 3.8) is 0 Å². The van der Waals surface area contributed by atoms with E-state index in [0.29, 0.717) is 41.9 Å². The van der Waals surface area contributed by atoms with Gasteiger partial charge in [0.2, 0.25) is 6.17 Å². The zero-order chi connectivity index (χ0) is 30.5. The Kier molecular flexibility index (Phi) is 6.94. The Labute approximate surface area is 245 Å². The van der Waals surface area contributed by atoms with E-state index in [1.54, 1.807) is 37.4 Å². The second-order valence-corrected chi connectivity index (χ2v) is 11.1. The zero-order valence-corrected chi connectivity index (χ0v) is 23.2. The number of benzene rings is 2. The number of aryl methyl sites for hydroxylation is 1. The molecule has 2 N–H and O–H groups in total. The number of halogens is 3. The van der Waals surface area contributed by atoms with Crippen molar-refractivity contribution in [3.05, 3.63) is 88.5 Å². The lowest BCUT2D eigenvalue weighted by Crippen LogP contribution is -2.52. The molecule has 2 aromatic carbocycles. The van der Waals surface area contributed by atoms with Gasteiger partial charge in [-0.3, -0.25) is 24.6 Å². The number of amides is 5. The zero-order valence-electron chi connectivity index (χ0n) is 23.2. The number of alkyl halides is 3. The molecule has 2 aliphatic carbocycles. The van der Waals surface area contributed by atoms with E-state index in [1.807, 2.05) is 18.2 Å². The summed E-state index contributed by atoms with van der Waals surface area (Å²) in [4.78, 5) is 58.4. The highest BCUT2D eigenvalue weighted by atomic mass is 19.4. The predicted octanol–water partition coefficient (Wildman–Crippen LogP) is 3.83. The average Bonchev–Trinajstić information content (AvgIpc) is 3.12. The maximum Gasteiger partial charge on any atom is 0.406 e. The van der Waals surface area contributed by atoms with Gasteiger partial charge in [0, 0.05) is 24.6 Å². The molecule has 2 heterocycles. The van der Waals surface area contributed by atoms with Crippen LogP contribution in [0.15, 0.2) is 71.3 Å². The number of carbonyl (C=O) groups is 4. The molecule has 1 fully saturated rings. The summed E-state index contributed by atoms with van der Waals surface area (Å²) in [5.74, 6) is -2.04. The van der Waals surface area contributed by atoms with E-state index in [-0.39, 0.29) is 23.6 Å². The third-order valence-corrected chi connectivity index (χ3v) is 8.48. The molecule has 4 aliphatic rings. The average molecular weight is 592 g/mol. The van der Waals surface area contributed by atoms with Crippen LogP contribution >= 0.6 is 0 Å². The van der Waals surface area contributed by atoms with Crippen molar-refractivity contribution in [1.29, 1.82) is 0 Å². The maximum atomic E-state index is 13.7. The Balaban J connectivity index is 1.32. The van der Waals surface area contributed by atoms with Crippen LogP contribution in [0.25, 0.3) is 0 Å². The number of hydrogen-bond acceptors (Lipinski definition) is 5. The Hall–Kier alpha value is -4.74. The van der Waals surface area contributed by atoms with Gasteiger partial charge >= 0.3 is 12.2 Å². The monoisotopic (exact) mass is 591 g/mol. The minimum Gasteiger partial charge on any atom is -0.322 e. The molecule has 6 rings (SSSR count). The molecule has 2 aromatic rings. The molecule has 1 spiro atoms. The first-order valence-electron chi connectivity index (χ1n) is 13.9. The summed E-state index contributed by atoms with van der Waals surface area (Å²) in [6, 6.07) is 10.7. The number of likely N-dealkylation sites (N-methyl/N-ethyl adjacent to an activating group) is 1. The highest BCUT2D eigenvalue weighted by molar-refractivity contribution is 6.20. The van der Waals surface area contributed by atoms with Crippen LogP contribution in [0, 0.1) is 0 Å². The van der Waals surface area contributed by atoms with Gasteiger partial charge in [-0.1, -0.05) is 42.5 Å². The van der Waals surface area contributed by atoms with Gasteiger partial charge in [-0.05, 0) is 60.6 Å². The molecule has 0 saturated carbocycles. The van der Waals surface area contributed by atoms with Gasteiger partial charge in [0.05, 0.1) is 11.4 Å². The SMILES string of the molecule is CN1C(=O)NC(=O)C12CCc1cc(C(=O)N[C@@H]3N=C(C4=CC=CCC4)c4ccccc4N(CC(F)(F)F)C3=O)ccc1C2. The van der Waals surface area contributed by atoms with E-state index < -0.39 is 42.3 Å². The normalized spacial score (nSPS) is 23.3. The van der Waals surface area contributed by atoms with Crippen molar-refractivity contribution in [1.82, 2.24) is 15.5 Å². The van der Waals surface area contributed by atoms with Gasteiger partial charge in [0.1, 0.15) is 12.1 Å². The summed E-state index contributed by atoms with van der Waals surface area (Å²) >= 11 is 0. The minimum atomic E-state index is -4.70. The fourth-order valence-electron chi connectivity index (χ4n) is 6.17. The number of imide groups is 1. The molecule has 2 atom stereocenters. The Morgan fingerprint density at radius 2 is 1.91 bits per heavy atom. The predicted molar refractivity (Wildman–Crippen MR) is 152 cm³/mol. The Morgan fingerprint density at radius 1 is 1.12 bits per heavy atom. The number of urea groups is 1. The molecule has 1 saturated heterocycles. The Bertz CT molecular complexity index is 1650. The first-order valence-corrected chi connectivity index (χ1v) is 13.9. The number of anilines is 1. The molecular formula is C31H28F3N5O4. The van der Waals surface area contributed by atoms with E-state index in [1.165, 1.54) is 17.0 Å². The molecule has 9 nitrogen and oxygen atoms in total. The number of allylic oxidation sites excluding steroid dienone is 4. The summed E-state index contributed by atoms with van der Waals surface area (Å²) in [5, 5.41) is 4.92. The van der Waals surface area contributed by atoms with Crippen molar-refractivity contribution in [2.24, 2.45) is 4.99 Å². The number of carbonyl (C=O) groups excluding carboxylic acids is 4. The fourth-order valence-corrected chi connectivity index (χ4v) is 6.17. The quantitative estimate of drug-likeness (QED) is 0.527. The summed E-state index contributed by atoms with van der Waals surface area (Å²) in [7, 11) is 1.57. The van der Waals surface area contributed by atoms with Crippen molar-refractivity contribution in [2.75, 3.05) is 18.5 Å². The smallest absolute Gasteiger partial charge is 0.322 e. The standard InChI is InChI=1S/C31H28F3N5O4/c1-38-29(43)37-28(42)30(38)14-13-19-15-20(11-12-21(19)16-30)26(40)36-25-27(41)39(17-31(32,33)34)23-10-6-5-9-22(23)24(35-25)18-7-3-2-4-8-18/h2-3,5-7,9-12,15,25H,4,8,13-14,16-17H2,1H3,(H,36,40)(H,37,42,43)/t25-,30?/m0/s1. The number of benzodiazepines with no additional fused rings is 1. The van der Waals surface area contributed by atoms with Gasteiger partial charge < -0.3 is 10.2 Å². The maximum absolute atomic E-state index is 13.7. The summed E-state index contributed by atoms with van der Waals surface area (Å²) in [5.41, 5.74) is 2.35. The molecule has 43 heavy (non-hydrogen) atoms. The number of aliphatic imine (C=N–C) groups is 1. The lowest BCUT2D eigenvalue weighted by atomic mass is 9.76. The lowest BCUT2D eigenvalue weighted by molar-refractivity contribution is -0.133. The third-order valence-electron chi connectivity index (χ3n) is 8.48. The molecule has 0 aromatic heterocycles. The van der Waals surface area contributed by atoms with E-state index in [0.717, 1.165) is 16.7 Å². The highest BCUT2D eigenvalue weighted by Gasteiger charge is 2.52. The van der Waals surface area contributed by atoms with Crippen molar-refractivity contribution in [2.45, 2.75) is 50.0 Å². The second kappa shape index (κ2) is 10.5. The van der Waals surface area contributed by atoms with E-state index in [4.69, 9.17) is 0 Å². The van der Waals surface area contributed by atoms with Gasteiger partial charge in [-0.15, -0.1) is 0 Å². The minimum absolute atomic E-state index is 0.0675. The van der Waals surface area contributed by atoms with E-state index in [2.05, 4.69) is 15.6 Å². The summed E-state index contributed by atoms with van der Waals surface area (Å²) in [6.45, 7) is -1.54. The van der Waals surface area contributed by atoms with Gasteiger partial charge in [0.15, 0.2) is 0 Å². The summed E-state index contributed by atoms with van der Waals surface area (Å²) < 4.78 is 41.1. The number of para-hydroxylation sites is 1. The first-order chi connectivity index (χ1) is 20.5. The van der Waals surface area contributed by atoms with E-state index in [9.17, 15) is 32.3 Å². The molecule has 222 valence electrons. The van der Waals surface area contributed by atoms with Crippen molar-refractivity contribution < 1.29 is 32.3 Å². The number of nitrogens with one attached hydrogen (secondary N) is 2. The van der Waals surface area contributed by atoms with Gasteiger partial charge in [0.25, 0.3) is 17.7 Å². The van der Waals surface area contributed by atoms with Gasteiger partial charge in [-0.2, -0.15) is 13.2 Å².